The van der Waals surface area contributed by atoms with Crippen molar-refractivity contribution in [2.24, 2.45) is 5.92 Å². The number of benzene rings is 3. The predicted octanol–water partition coefficient (Wildman–Crippen LogP) is 5.64. The van der Waals surface area contributed by atoms with E-state index in [1.165, 1.54) is 16.4 Å². The standard InChI is InChI=1S/C26H25N3O3S2/c1-18-13-15-29(16-14-18)34(31,32)22-11-9-19(10-12-22)25(30)27-21-6-4-5-20(17-21)26-28-23-7-2-3-8-24(23)33-26/h2-12,17-18H,13-16H2,1H3,(H,27,30). The molecule has 1 aromatic heterocycles. The van der Waals surface area contributed by atoms with Crippen LogP contribution in [-0.4, -0.2) is 36.7 Å². The van der Waals surface area contributed by atoms with Crippen LogP contribution in [0.3, 0.4) is 0 Å². The van der Waals surface area contributed by atoms with Crippen LogP contribution in [0.2, 0.25) is 0 Å². The molecule has 0 atom stereocenters. The van der Waals surface area contributed by atoms with Gasteiger partial charge in [0, 0.05) is 29.9 Å². The number of hydrogen-bond acceptors (Lipinski definition) is 5. The largest absolute Gasteiger partial charge is 0.322 e. The maximum atomic E-state index is 12.9. The quantitative estimate of drug-likeness (QED) is 0.392. The van der Waals surface area contributed by atoms with Crippen molar-refractivity contribution >= 4 is 43.2 Å². The van der Waals surface area contributed by atoms with Crippen LogP contribution in [0.5, 0.6) is 0 Å². The molecule has 0 radical (unpaired) electrons. The average molecular weight is 492 g/mol. The Hall–Kier alpha value is -3.07. The van der Waals surface area contributed by atoms with Gasteiger partial charge in [0.05, 0.1) is 15.1 Å². The number of hydrogen-bond donors (Lipinski definition) is 1. The summed E-state index contributed by atoms with van der Waals surface area (Å²) in [6.45, 7) is 3.22. The van der Waals surface area contributed by atoms with Gasteiger partial charge in [0.2, 0.25) is 10.0 Å². The first-order valence-corrected chi connectivity index (χ1v) is 13.5. The van der Waals surface area contributed by atoms with Crippen molar-refractivity contribution in [3.05, 3.63) is 78.4 Å². The number of anilines is 1. The number of carbonyl (C=O) groups excluding carboxylic acids is 1. The van der Waals surface area contributed by atoms with Gasteiger partial charge < -0.3 is 5.32 Å². The van der Waals surface area contributed by atoms with Crippen LogP contribution in [0, 0.1) is 5.92 Å². The summed E-state index contributed by atoms with van der Waals surface area (Å²) in [7, 11) is -3.54. The van der Waals surface area contributed by atoms with Crippen molar-refractivity contribution in [1.82, 2.24) is 9.29 Å². The Kier molecular flexibility index (Phi) is 6.20. The van der Waals surface area contributed by atoms with Crippen LogP contribution in [0.25, 0.3) is 20.8 Å². The number of para-hydroxylation sites is 1. The van der Waals surface area contributed by atoms with E-state index in [1.807, 2.05) is 48.5 Å². The van der Waals surface area contributed by atoms with Gasteiger partial charge in [-0.3, -0.25) is 4.79 Å². The Morgan fingerprint density at radius 2 is 1.74 bits per heavy atom. The number of amides is 1. The minimum atomic E-state index is -3.54. The van der Waals surface area contributed by atoms with Crippen molar-refractivity contribution < 1.29 is 13.2 Å². The predicted molar refractivity (Wildman–Crippen MR) is 137 cm³/mol. The molecular formula is C26H25N3O3S2. The maximum Gasteiger partial charge on any atom is 0.255 e. The molecule has 1 amide bonds. The SMILES string of the molecule is CC1CCN(S(=O)(=O)c2ccc(C(=O)Nc3cccc(-c4nc5ccccc5s4)c3)cc2)CC1. The Balaban J connectivity index is 1.30. The summed E-state index contributed by atoms with van der Waals surface area (Å²) < 4.78 is 28.5. The molecule has 3 aromatic carbocycles. The zero-order valence-corrected chi connectivity index (χ0v) is 20.4. The molecule has 4 aromatic rings. The number of thiazole rings is 1. The number of fused-ring (bicyclic) bond motifs is 1. The van der Waals surface area contributed by atoms with Crippen molar-refractivity contribution in [3.8, 4) is 10.6 Å². The van der Waals surface area contributed by atoms with Gasteiger partial charge in [-0.2, -0.15) is 4.31 Å². The molecule has 1 saturated heterocycles. The molecular weight excluding hydrogens is 466 g/mol. The van der Waals surface area contributed by atoms with Crippen LogP contribution in [0.1, 0.15) is 30.1 Å². The number of nitrogens with one attached hydrogen (secondary N) is 1. The third-order valence-electron chi connectivity index (χ3n) is 6.16. The molecule has 0 aliphatic carbocycles. The smallest absolute Gasteiger partial charge is 0.255 e. The molecule has 0 spiro atoms. The normalized spacial score (nSPS) is 15.4. The lowest BCUT2D eigenvalue weighted by Crippen LogP contribution is -2.37. The summed E-state index contributed by atoms with van der Waals surface area (Å²) in [5, 5.41) is 3.79. The molecule has 1 aliphatic heterocycles. The molecule has 2 heterocycles. The van der Waals surface area contributed by atoms with Gasteiger partial charge in [0.1, 0.15) is 5.01 Å². The summed E-state index contributed by atoms with van der Waals surface area (Å²) in [5.74, 6) is 0.253. The molecule has 8 heteroatoms. The Bertz CT molecular complexity index is 1400. The second-order valence-electron chi connectivity index (χ2n) is 8.63. The maximum absolute atomic E-state index is 12.9. The van der Waals surface area contributed by atoms with Gasteiger partial charge in [-0.25, -0.2) is 13.4 Å². The summed E-state index contributed by atoms with van der Waals surface area (Å²) in [5.41, 5.74) is 2.93. The van der Waals surface area contributed by atoms with Crippen molar-refractivity contribution in [2.45, 2.75) is 24.7 Å². The van der Waals surface area contributed by atoms with Gasteiger partial charge in [0.25, 0.3) is 5.91 Å². The molecule has 1 aliphatic rings. The number of sulfonamides is 1. The van der Waals surface area contributed by atoms with Crippen LogP contribution < -0.4 is 5.32 Å². The molecule has 0 saturated carbocycles. The number of nitrogens with zero attached hydrogens (tertiary/aromatic N) is 2. The zero-order valence-electron chi connectivity index (χ0n) is 18.8. The molecule has 174 valence electrons. The topological polar surface area (TPSA) is 79.4 Å². The minimum absolute atomic E-state index is 0.219. The lowest BCUT2D eigenvalue weighted by molar-refractivity contribution is 0.102. The third-order valence-corrected chi connectivity index (χ3v) is 9.16. The Labute approximate surface area is 203 Å². The highest BCUT2D eigenvalue weighted by Crippen LogP contribution is 2.31. The van der Waals surface area contributed by atoms with Gasteiger partial charge in [0.15, 0.2) is 0 Å². The molecule has 1 N–H and O–H groups in total. The van der Waals surface area contributed by atoms with E-state index in [9.17, 15) is 13.2 Å². The van der Waals surface area contributed by atoms with E-state index in [4.69, 9.17) is 0 Å². The summed E-state index contributed by atoms with van der Waals surface area (Å²) >= 11 is 1.61. The number of piperidine rings is 1. The summed E-state index contributed by atoms with van der Waals surface area (Å²) in [4.78, 5) is 17.7. The van der Waals surface area contributed by atoms with Crippen molar-refractivity contribution in [2.75, 3.05) is 18.4 Å². The number of rotatable bonds is 5. The van der Waals surface area contributed by atoms with Crippen LogP contribution in [-0.2, 0) is 10.0 Å². The van der Waals surface area contributed by atoms with Gasteiger partial charge in [-0.1, -0.05) is 31.2 Å². The minimum Gasteiger partial charge on any atom is -0.322 e. The first-order valence-electron chi connectivity index (χ1n) is 11.3. The highest BCUT2D eigenvalue weighted by molar-refractivity contribution is 7.89. The highest BCUT2D eigenvalue weighted by atomic mass is 32.2. The third kappa shape index (κ3) is 4.61. The fourth-order valence-corrected chi connectivity index (χ4v) is 6.51. The zero-order chi connectivity index (χ0) is 23.7. The highest BCUT2D eigenvalue weighted by Gasteiger charge is 2.28. The molecule has 0 bridgehead atoms. The van der Waals surface area contributed by atoms with Crippen LogP contribution >= 0.6 is 11.3 Å². The second kappa shape index (κ2) is 9.29. The number of aromatic nitrogens is 1. The Morgan fingerprint density at radius 3 is 2.47 bits per heavy atom. The molecule has 5 rings (SSSR count). The molecule has 6 nitrogen and oxygen atoms in total. The molecule has 34 heavy (non-hydrogen) atoms. The van der Waals surface area contributed by atoms with Crippen LogP contribution in [0.4, 0.5) is 5.69 Å². The van der Waals surface area contributed by atoms with Gasteiger partial charge in [-0.05, 0) is 67.3 Å². The first-order chi connectivity index (χ1) is 16.4. The van der Waals surface area contributed by atoms with E-state index in [1.54, 1.807) is 23.5 Å². The van der Waals surface area contributed by atoms with Crippen molar-refractivity contribution in [1.29, 1.82) is 0 Å². The first kappa shape index (κ1) is 22.7. The Morgan fingerprint density at radius 1 is 1.00 bits per heavy atom. The van der Waals surface area contributed by atoms with Crippen molar-refractivity contribution in [3.63, 3.8) is 0 Å². The van der Waals surface area contributed by atoms with E-state index in [-0.39, 0.29) is 10.8 Å². The monoisotopic (exact) mass is 491 g/mol. The average Bonchev–Trinajstić information content (AvgIpc) is 3.29. The van der Waals surface area contributed by atoms with E-state index in [2.05, 4.69) is 17.2 Å². The molecule has 1 fully saturated rings. The summed E-state index contributed by atoms with van der Waals surface area (Å²) in [6, 6.07) is 21.7. The fraction of sp³-hybridized carbons (Fsp3) is 0.231. The van der Waals surface area contributed by atoms with E-state index < -0.39 is 10.0 Å². The van der Waals surface area contributed by atoms with E-state index >= 15 is 0 Å². The van der Waals surface area contributed by atoms with E-state index in [0.29, 0.717) is 30.3 Å². The fourth-order valence-electron chi connectivity index (χ4n) is 4.08. The summed E-state index contributed by atoms with van der Waals surface area (Å²) in [6.07, 6.45) is 1.74. The van der Waals surface area contributed by atoms with Gasteiger partial charge >= 0.3 is 0 Å². The second-order valence-corrected chi connectivity index (χ2v) is 11.6. The van der Waals surface area contributed by atoms with Gasteiger partial charge in [-0.15, -0.1) is 11.3 Å². The lowest BCUT2D eigenvalue weighted by atomic mass is 10.0. The molecule has 0 unspecified atom stereocenters. The number of carbonyl (C=O) groups is 1. The van der Waals surface area contributed by atoms with Crippen LogP contribution in [0.15, 0.2) is 77.7 Å². The lowest BCUT2D eigenvalue weighted by Gasteiger charge is -2.29. The van der Waals surface area contributed by atoms with E-state index in [0.717, 1.165) is 33.6 Å².